The van der Waals surface area contributed by atoms with Crippen LogP contribution in [0.3, 0.4) is 0 Å². The van der Waals surface area contributed by atoms with Gasteiger partial charge in [0.15, 0.2) is 0 Å². The molecule has 0 bridgehead atoms. The fraction of sp³-hybridized carbons (Fsp3) is 0.929. The van der Waals surface area contributed by atoms with Crippen LogP contribution in [0.5, 0.6) is 0 Å². The first-order chi connectivity index (χ1) is 8.16. The first-order valence-electron chi connectivity index (χ1n) is 6.85. The van der Waals surface area contributed by atoms with Crippen molar-refractivity contribution in [3.8, 4) is 0 Å². The number of nitrogens with one attached hydrogen (secondary N) is 1. The lowest BCUT2D eigenvalue weighted by molar-refractivity contribution is -0.135. The largest absolute Gasteiger partial charge is 0.389 e. The number of carbonyl (C=O) groups is 1. The molecule has 1 aliphatic rings. The number of β-amino-alcohol motifs (C(OH)–C–C–N with tert-alkyl or cyclic N) is 1. The molecular formula is C14H28N2O2. The van der Waals surface area contributed by atoms with Gasteiger partial charge in [0.2, 0.25) is 5.91 Å². The molecule has 0 atom stereocenters. The molecule has 0 saturated heterocycles. The Morgan fingerprint density at radius 2 is 1.89 bits per heavy atom. The van der Waals surface area contributed by atoms with Crippen LogP contribution < -0.4 is 5.32 Å². The maximum Gasteiger partial charge on any atom is 0.241 e. The molecule has 4 heteroatoms. The maximum atomic E-state index is 12.0. The van der Waals surface area contributed by atoms with Gasteiger partial charge in [-0.15, -0.1) is 0 Å². The Balaban J connectivity index is 2.51. The second-order valence-corrected chi connectivity index (χ2v) is 6.58. The quantitative estimate of drug-likeness (QED) is 0.799. The molecule has 4 nitrogen and oxygen atoms in total. The van der Waals surface area contributed by atoms with E-state index in [1.165, 1.54) is 0 Å². The highest BCUT2D eigenvalue weighted by atomic mass is 16.3. The third kappa shape index (κ3) is 3.95. The topological polar surface area (TPSA) is 52.6 Å². The van der Waals surface area contributed by atoms with Gasteiger partial charge in [-0.2, -0.15) is 0 Å². The lowest BCUT2D eigenvalue weighted by Gasteiger charge is -2.38. The van der Waals surface area contributed by atoms with Crippen LogP contribution in [-0.2, 0) is 4.79 Å². The van der Waals surface area contributed by atoms with E-state index in [0.717, 1.165) is 25.7 Å². The van der Waals surface area contributed by atoms with Crippen molar-refractivity contribution in [1.82, 2.24) is 10.2 Å². The van der Waals surface area contributed by atoms with Gasteiger partial charge in [0.25, 0.3) is 0 Å². The van der Waals surface area contributed by atoms with E-state index in [-0.39, 0.29) is 5.91 Å². The van der Waals surface area contributed by atoms with E-state index in [0.29, 0.717) is 12.5 Å². The smallest absolute Gasteiger partial charge is 0.241 e. The van der Waals surface area contributed by atoms with Gasteiger partial charge in [-0.25, -0.2) is 0 Å². The average Bonchev–Trinajstić information content (AvgIpc) is 2.30. The Labute approximate surface area is 111 Å². The summed E-state index contributed by atoms with van der Waals surface area (Å²) in [6.45, 7) is 6.45. The summed E-state index contributed by atoms with van der Waals surface area (Å²) >= 11 is 0. The van der Waals surface area contributed by atoms with Crippen molar-refractivity contribution in [2.24, 2.45) is 5.92 Å². The molecule has 2 N–H and O–H groups in total. The zero-order chi connectivity index (χ0) is 14.0. The minimum Gasteiger partial charge on any atom is -0.389 e. The maximum absolute atomic E-state index is 12.0. The number of hydrogen-bond donors (Lipinski definition) is 2. The molecule has 0 aliphatic heterocycles. The van der Waals surface area contributed by atoms with Gasteiger partial charge in [0, 0.05) is 20.6 Å². The van der Waals surface area contributed by atoms with Crippen molar-refractivity contribution in [3.05, 3.63) is 0 Å². The van der Waals surface area contributed by atoms with Crippen molar-refractivity contribution in [1.29, 1.82) is 0 Å². The molecule has 0 radical (unpaired) electrons. The predicted molar refractivity (Wildman–Crippen MR) is 73.4 cm³/mol. The normalized spacial score (nSPS) is 29.1. The van der Waals surface area contributed by atoms with Gasteiger partial charge < -0.3 is 15.3 Å². The molecule has 18 heavy (non-hydrogen) atoms. The van der Waals surface area contributed by atoms with Crippen molar-refractivity contribution < 1.29 is 9.90 Å². The minimum absolute atomic E-state index is 0.0373. The lowest BCUT2D eigenvalue weighted by Crippen LogP contribution is -2.57. The van der Waals surface area contributed by atoms with E-state index in [9.17, 15) is 9.90 Å². The molecule has 0 aromatic carbocycles. The van der Waals surface area contributed by atoms with E-state index >= 15 is 0 Å². The fourth-order valence-corrected chi connectivity index (χ4v) is 2.50. The number of rotatable bonds is 4. The van der Waals surface area contributed by atoms with Crippen LogP contribution in [0.4, 0.5) is 0 Å². The molecular weight excluding hydrogens is 228 g/mol. The molecule has 0 aromatic heterocycles. The van der Waals surface area contributed by atoms with Crippen LogP contribution in [0.1, 0.15) is 46.5 Å². The van der Waals surface area contributed by atoms with Crippen LogP contribution in [0, 0.1) is 5.92 Å². The monoisotopic (exact) mass is 256 g/mol. The zero-order valence-corrected chi connectivity index (χ0v) is 12.4. The summed E-state index contributed by atoms with van der Waals surface area (Å²) in [5.74, 6) is 0.747. The number of aliphatic hydroxyl groups is 1. The molecule has 1 saturated carbocycles. The second kappa shape index (κ2) is 5.57. The highest BCUT2D eigenvalue weighted by Gasteiger charge is 2.35. The molecule has 1 rings (SSSR count). The summed E-state index contributed by atoms with van der Waals surface area (Å²) in [5.41, 5.74) is -1.27. The van der Waals surface area contributed by atoms with Gasteiger partial charge >= 0.3 is 0 Å². The van der Waals surface area contributed by atoms with Gasteiger partial charge in [0.05, 0.1) is 11.1 Å². The Hall–Kier alpha value is -0.610. The SMILES string of the molecule is CC1CCC(O)(CNC(C)(C)C(=O)N(C)C)CC1. The molecule has 0 aromatic rings. The predicted octanol–water partition coefficient (Wildman–Crippen LogP) is 1.38. The first-order valence-corrected chi connectivity index (χ1v) is 6.85. The van der Waals surface area contributed by atoms with Gasteiger partial charge in [-0.3, -0.25) is 4.79 Å². The van der Waals surface area contributed by atoms with E-state index < -0.39 is 11.1 Å². The highest BCUT2D eigenvalue weighted by Crippen LogP contribution is 2.31. The fourth-order valence-electron chi connectivity index (χ4n) is 2.50. The van der Waals surface area contributed by atoms with Gasteiger partial charge in [0.1, 0.15) is 0 Å². The molecule has 1 fully saturated rings. The summed E-state index contributed by atoms with van der Waals surface area (Å²) in [6.07, 6.45) is 3.79. The molecule has 0 heterocycles. The third-order valence-corrected chi connectivity index (χ3v) is 4.01. The van der Waals surface area contributed by atoms with Crippen molar-refractivity contribution in [2.75, 3.05) is 20.6 Å². The molecule has 1 aliphatic carbocycles. The van der Waals surface area contributed by atoms with Crippen molar-refractivity contribution in [2.45, 2.75) is 57.6 Å². The van der Waals surface area contributed by atoms with Crippen LogP contribution in [0.15, 0.2) is 0 Å². The van der Waals surface area contributed by atoms with Crippen LogP contribution in [0.2, 0.25) is 0 Å². The van der Waals surface area contributed by atoms with Crippen molar-refractivity contribution in [3.63, 3.8) is 0 Å². The van der Waals surface area contributed by atoms with Crippen LogP contribution >= 0.6 is 0 Å². The Morgan fingerprint density at radius 1 is 1.39 bits per heavy atom. The summed E-state index contributed by atoms with van der Waals surface area (Å²) in [4.78, 5) is 13.6. The number of nitrogens with zero attached hydrogens (tertiary/aromatic N) is 1. The number of carbonyl (C=O) groups excluding carboxylic acids is 1. The van der Waals surface area contributed by atoms with E-state index in [1.807, 2.05) is 13.8 Å². The minimum atomic E-state index is -0.642. The van der Waals surface area contributed by atoms with Crippen LogP contribution in [0.25, 0.3) is 0 Å². The standard InChI is InChI=1S/C14H28N2O2/c1-11-6-8-14(18,9-7-11)10-15-13(2,3)12(17)16(4)5/h11,15,18H,6-10H2,1-5H3. The lowest BCUT2D eigenvalue weighted by atomic mass is 9.79. The Morgan fingerprint density at radius 3 is 2.33 bits per heavy atom. The highest BCUT2D eigenvalue weighted by molar-refractivity contribution is 5.85. The Bertz CT molecular complexity index is 292. The van der Waals surface area contributed by atoms with Gasteiger partial charge in [-0.1, -0.05) is 6.92 Å². The first kappa shape index (κ1) is 15.4. The zero-order valence-electron chi connectivity index (χ0n) is 12.4. The van der Waals surface area contributed by atoms with Crippen LogP contribution in [-0.4, -0.2) is 47.7 Å². The molecule has 1 amide bonds. The summed E-state index contributed by atoms with van der Waals surface area (Å²) < 4.78 is 0. The molecule has 0 spiro atoms. The molecule has 0 unspecified atom stereocenters. The summed E-state index contributed by atoms with van der Waals surface area (Å²) in [6, 6.07) is 0. The number of likely N-dealkylation sites (N-methyl/N-ethyl adjacent to an activating group) is 1. The third-order valence-electron chi connectivity index (χ3n) is 4.01. The van der Waals surface area contributed by atoms with Crippen molar-refractivity contribution >= 4 is 5.91 Å². The van der Waals surface area contributed by atoms with Gasteiger partial charge in [-0.05, 0) is 45.4 Å². The Kier molecular flexibility index (Phi) is 4.78. The van der Waals surface area contributed by atoms with E-state index in [1.54, 1.807) is 19.0 Å². The number of amides is 1. The molecule has 106 valence electrons. The summed E-state index contributed by atoms with van der Waals surface area (Å²) in [5, 5.41) is 13.7. The average molecular weight is 256 g/mol. The second-order valence-electron chi connectivity index (χ2n) is 6.58. The van der Waals surface area contributed by atoms with E-state index in [4.69, 9.17) is 0 Å². The summed E-state index contributed by atoms with van der Waals surface area (Å²) in [7, 11) is 3.51. The van der Waals surface area contributed by atoms with E-state index in [2.05, 4.69) is 12.2 Å². The number of hydrogen-bond acceptors (Lipinski definition) is 3.